The average Bonchev–Trinajstić information content (AvgIpc) is 2.78. The molecule has 1 amide bonds. The summed E-state index contributed by atoms with van der Waals surface area (Å²) in [5, 5.41) is 13.9. The molecular weight excluding hydrogens is 386 g/mol. The van der Waals surface area contributed by atoms with Crippen LogP contribution in [0.25, 0.3) is 0 Å². The lowest BCUT2D eigenvalue weighted by atomic mass is 9.82. The SMILES string of the molecule is O=C(COC(=O)c1ccc(NC(=O)[C@@H]2CC=CC[C@@H]2C(=O)[O-])cc1)c1ccccc1. The van der Waals surface area contributed by atoms with Crippen molar-refractivity contribution in [2.45, 2.75) is 12.8 Å². The topological polar surface area (TPSA) is 113 Å². The second kappa shape index (κ2) is 9.65. The van der Waals surface area contributed by atoms with Gasteiger partial charge in [-0.2, -0.15) is 0 Å². The summed E-state index contributed by atoms with van der Waals surface area (Å²) in [5.74, 6) is -4.22. The summed E-state index contributed by atoms with van der Waals surface area (Å²) in [6, 6.07) is 14.5. The second-order valence-electron chi connectivity index (χ2n) is 6.91. The molecule has 2 aromatic carbocycles. The highest BCUT2D eigenvalue weighted by atomic mass is 16.5. The molecular formula is C23H20NO6-. The van der Waals surface area contributed by atoms with Crippen molar-refractivity contribution >= 4 is 29.3 Å². The van der Waals surface area contributed by atoms with Gasteiger partial charge in [0.05, 0.1) is 11.5 Å². The van der Waals surface area contributed by atoms with Crippen LogP contribution in [0.5, 0.6) is 0 Å². The third-order valence-corrected chi connectivity index (χ3v) is 4.89. The molecule has 7 nitrogen and oxygen atoms in total. The monoisotopic (exact) mass is 406 g/mol. The molecule has 30 heavy (non-hydrogen) atoms. The Labute approximate surface area is 173 Å². The molecule has 2 aromatic rings. The van der Waals surface area contributed by atoms with Gasteiger partial charge in [-0.3, -0.25) is 9.59 Å². The Morgan fingerprint density at radius 1 is 0.867 bits per heavy atom. The van der Waals surface area contributed by atoms with Crippen molar-refractivity contribution in [3.63, 3.8) is 0 Å². The van der Waals surface area contributed by atoms with E-state index in [2.05, 4.69) is 5.32 Å². The number of carboxylic acids is 1. The van der Waals surface area contributed by atoms with E-state index in [4.69, 9.17) is 4.74 Å². The van der Waals surface area contributed by atoms with Gasteiger partial charge in [0.2, 0.25) is 5.91 Å². The van der Waals surface area contributed by atoms with Crippen LogP contribution in [0.2, 0.25) is 0 Å². The molecule has 1 aliphatic rings. The van der Waals surface area contributed by atoms with Gasteiger partial charge in [0.1, 0.15) is 0 Å². The van der Waals surface area contributed by atoms with E-state index in [1.54, 1.807) is 42.5 Å². The summed E-state index contributed by atoms with van der Waals surface area (Å²) in [7, 11) is 0. The molecule has 1 N–H and O–H groups in total. The summed E-state index contributed by atoms with van der Waals surface area (Å²) in [6.45, 7) is -0.374. The number of esters is 1. The highest BCUT2D eigenvalue weighted by Gasteiger charge is 2.29. The Balaban J connectivity index is 1.56. The fraction of sp³-hybridized carbons (Fsp3) is 0.217. The van der Waals surface area contributed by atoms with Crippen LogP contribution in [0, 0.1) is 11.8 Å². The van der Waals surface area contributed by atoms with Crippen LogP contribution in [-0.4, -0.2) is 30.2 Å². The molecule has 154 valence electrons. The van der Waals surface area contributed by atoms with Crippen molar-refractivity contribution in [3.8, 4) is 0 Å². The lowest BCUT2D eigenvalue weighted by Crippen LogP contribution is -2.41. The van der Waals surface area contributed by atoms with E-state index in [0.717, 1.165) is 0 Å². The van der Waals surface area contributed by atoms with E-state index in [1.165, 1.54) is 24.3 Å². The third kappa shape index (κ3) is 5.20. The Bertz CT molecular complexity index is 965. The standard InChI is InChI=1S/C23H21NO6/c25-20(15-6-2-1-3-7-15)14-30-23(29)16-10-12-17(13-11-16)24-21(26)18-8-4-5-9-19(18)22(27)28/h1-7,10-13,18-19H,8-9,14H2,(H,24,26)(H,27,28)/p-1/t18-,19+/m1/s1. The van der Waals surface area contributed by atoms with Crippen LogP contribution >= 0.6 is 0 Å². The zero-order valence-electron chi connectivity index (χ0n) is 16.1. The van der Waals surface area contributed by atoms with Crippen LogP contribution in [0.3, 0.4) is 0 Å². The lowest BCUT2D eigenvalue weighted by molar-refractivity contribution is -0.313. The van der Waals surface area contributed by atoms with E-state index >= 15 is 0 Å². The maximum absolute atomic E-state index is 12.4. The minimum absolute atomic E-state index is 0.224. The molecule has 0 bridgehead atoms. The van der Waals surface area contributed by atoms with E-state index in [9.17, 15) is 24.3 Å². The normalized spacial score (nSPS) is 17.7. The predicted molar refractivity (Wildman–Crippen MR) is 106 cm³/mol. The first-order valence-electron chi connectivity index (χ1n) is 9.48. The molecule has 7 heteroatoms. The molecule has 0 fully saturated rings. The molecule has 0 saturated heterocycles. The Morgan fingerprint density at radius 2 is 1.50 bits per heavy atom. The molecule has 3 rings (SSSR count). The summed E-state index contributed by atoms with van der Waals surface area (Å²) >= 11 is 0. The number of carboxylic acid groups (broad SMARTS) is 1. The number of ether oxygens (including phenoxy) is 1. The Hall–Kier alpha value is -3.74. The smallest absolute Gasteiger partial charge is 0.338 e. The number of anilines is 1. The van der Waals surface area contributed by atoms with Crippen LogP contribution < -0.4 is 10.4 Å². The quantitative estimate of drug-likeness (QED) is 0.428. The van der Waals surface area contributed by atoms with Crippen LogP contribution in [0.4, 0.5) is 5.69 Å². The van der Waals surface area contributed by atoms with Crippen LogP contribution in [0.15, 0.2) is 66.7 Å². The maximum Gasteiger partial charge on any atom is 0.338 e. The minimum Gasteiger partial charge on any atom is -0.550 e. The van der Waals surface area contributed by atoms with Gasteiger partial charge in [-0.1, -0.05) is 42.5 Å². The number of allylic oxidation sites excluding steroid dienone is 2. The first kappa shape index (κ1) is 21.0. The van der Waals surface area contributed by atoms with Crippen LogP contribution in [0.1, 0.15) is 33.6 Å². The summed E-state index contributed by atoms with van der Waals surface area (Å²) in [5.41, 5.74) is 1.10. The van der Waals surface area contributed by atoms with Crippen molar-refractivity contribution in [3.05, 3.63) is 77.9 Å². The molecule has 1 aliphatic carbocycles. The largest absolute Gasteiger partial charge is 0.550 e. The number of rotatable bonds is 7. The van der Waals surface area contributed by atoms with E-state index in [1.807, 2.05) is 0 Å². The molecule has 0 radical (unpaired) electrons. The number of Topliss-reactive ketones (excluding diaryl/α,β-unsaturated/α-hetero) is 1. The first-order chi connectivity index (χ1) is 14.5. The number of hydrogen-bond acceptors (Lipinski definition) is 6. The summed E-state index contributed by atoms with van der Waals surface area (Å²) in [4.78, 5) is 47.8. The van der Waals surface area contributed by atoms with Gasteiger partial charge < -0.3 is 20.0 Å². The molecule has 0 unspecified atom stereocenters. The molecule has 0 heterocycles. The van der Waals surface area contributed by atoms with Gasteiger partial charge in [0.15, 0.2) is 12.4 Å². The number of amides is 1. The van der Waals surface area contributed by atoms with Crippen LogP contribution in [-0.2, 0) is 14.3 Å². The summed E-state index contributed by atoms with van der Waals surface area (Å²) < 4.78 is 5.05. The zero-order chi connectivity index (χ0) is 21.5. The second-order valence-corrected chi connectivity index (χ2v) is 6.91. The van der Waals surface area contributed by atoms with E-state index in [-0.39, 0.29) is 24.4 Å². The number of carbonyl (C=O) groups is 4. The lowest BCUT2D eigenvalue weighted by Gasteiger charge is -2.28. The molecule has 0 saturated carbocycles. The van der Waals surface area contributed by atoms with Crippen molar-refractivity contribution in [2.24, 2.45) is 11.8 Å². The van der Waals surface area contributed by atoms with Gasteiger partial charge >= 0.3 is 5.97 Å². The van der Waals surface area contributed by atoms with Crippen molar-refractivity contribution < 1.29 is 29.0 Å². The Morgan fingerprint density at radius 3 is 2.13 bits per heavy atom. The van der Waals surface area contributed by atoms with Gasteiger partial charge in [-0.15, -0.1) is 0 Å². The highest BCUT2D eigenvalue weighted by molar-refractivity contribution is 5.99. The van der Waals surface area contributed by atoms with Gasteiger partial charge in [-0.05, 0) is 37.1 Å². The fourth-order valence-electron chi connectivity index (χ4n) is 3.21. The van der Waals surface area contributed by atoms with Crippen molar-refractivity contribution in [1.82, 2.24) is 0 Å². The molecule has 0 aliphatic heterocycles. The zero-order valence-corrected chi connectivity index (χ0v) is 16.1. The minimum atomic E-state index is -1.25. The number of aliphatic carboxylic acids is 1. The van der Waals surface area contributed by atoms with Crippen molar-refractivity contribution in [2.75, 3.05) is 11.9 Å². The number of ketones is 1. The Kier molecular flexibility index (Phi) is 6.75. The average molecular weight is 406 g/mol. The number of nitrogens with one attached hydrogen (secondary N) is 1. The molecule has 0 spiro atoms. The number of carbonyl (C=O) groups excluding carboxylic acids is 4. The number of hydrogen-bond donors (Lipinski definition) is 1. The fourth-order valence-corrected chi connectivity index (χ4v) is 3.21. The first-order valence-corrected chi connectivity index (χ1v) is 9.48. The van der Waals surface area contributed by atoms with Gasteiger partial charge in [0, 0.05) is 23.1 Å². The number of benzene rings is 2. The van der Waals surface area contributed by atoms with Gasteiger partial charge in [0.25, 0.3) is 0 Å². The summed E-state index contributed by atoms with van der Waals surface area (Å²) in [6.07, 6.45) is 4.09. The van der Waals surface area contributed by atoms with E-state index < -0.39 is 29.7 Å². The van der Waals surface area contributed by atoms with Gasteiger partial charge in [-0.25, -0.2) is 4.79 Å². The highest BCUT2D eigenvalue weighted by Crippen LogP contribution is 2.26. The maximum atomic E-state index is 12.4. The van der Waals surface area contributed by atoms with Crippen molar-refractivity contribution in [1.29, 1.82) is 0 Å². The molecule has 0 aromatic heterocycles. The third-order valence-electron chi connectivity index (χ3n) is 4.89. The predicted octanol–water partition coefficient (Wildman–Crippen LogP) is 2.00. The van der Waals surface area contributed by atoms with E-state index in [0.29, 0.717) is 17.7 Å². The molecule has 2 atom stereocenters.